The van der Waals surface area contributed by atoms with E-state index in [0.717, 1.165) is 16.2 Å². The predicted octanol–water partition coefficient (Wildman–Crippen LogP) is 3.35. The van der Waals surface area contributed by atoms with Crippen molar-refractivity contribution in [1.82, 2.24) is 9.94 Å². The highest BCUT2D eigenvalue weighted by Gasteiger charge is 2.14. The molecule has 2 rings (SSSR count). The number of hydrogen-bond acceptors (Lipinski definition) is 5. The largest absolute Gasteiger partial charge is 0.472 e. The molecular formula is C13H13BrN2O3S. The summed E-state index contributed by atoms with van der Waals surface area (Å²) < 4.78 is 5.33. The van der Waals surface area contributed by atoms with Crippen molar-refractivity contribution in [2.45, 2.75) is 18.4 Å². The van der Waals surface area contributed by atoms with Gasteiger partial charge >= 0.3 is 0 Å². The Morgan fingerprint density at radius 2 is 2.30 bits per heavy atom. The minimum Gasteiger partial charge on any atom is -0.472 e. The minimum absolute atomic E-state index is 0.178. The lowest BCUT2D eigenvalue weighted by molar-refractivity contribution is 0.109. The number of benzene rings is 1. The fourth-order valence-electron chi connectivity index (χ4n) is 1.71. The Morgan fingerprint density at radius 1 is 1.50 bits per heavy atom. The second-order valence-corrected chi connectivity index (χ2v) is 5.88. The van der Waals surface area contributed by atoms with Gasteiger partial charge in [0, 0.05) is 22.1 Å². The van der Waals surface area contributed by atoms with E-state index in [4.69, 9.17) is 9.94 Å². The number of hydrogen-bond donors (Lipinski definition) is 1. The fraction of sp³-hybridized carbons (Fsp3) is 0.231. The summed E-state index contributed by atoms with van der Waals surface area (Å²) in [7, 11) is 0. The summed E-state index contributed by atoms with van der Waals surface area (Å²) in [6.45, 7) is 2.26. The van der Waals surface area contributed by atoms with Crippen LogP contribution in [0.4, 0.5) is 0 Å². The molecule has 2 aromatic rings. The third kappa shape index (κ3) is 3.55. The van der Waals surface area contributed by atoms with Gasteiger partial charge in [0.2, 0.25) is 10.6 Å². The van der Waals surface area contributed by atoms with Crippen LogP contribution in [-0.2, 0) is 6.61 Å². The predicted molar refractivity (Wildman–Crippen MR) is 79.8 cm³/mol. The molecule has 7 heteroatoms. The molecule has 106 valence electrons. The molecule has 1 aromatic heterocycles. The van der Waals surface area contributed by atoms with Gasteiger partial charge in [0.05, 0.1) is 6.20 Å². The summed E-state index contributed by atoms with van der Waals surface area (Å²) in [6.07, 6.45) is 1.37. The SMILES string of the molecule is CCSc1cccc(C(=O)Br)c1COc1ccn(O)n1. The molecule has 1 heterocycles. The maximum atomic E-state index is 11.6. The van der Waals surface area contributed by atoms with E-state index in [1.807, 2.05) is 19.1 Å². The molecule has 0 saturated carbocycles. The second kappa shape index (κ2) is 6.81. The highest BCUT2D eigenvalue weighted by atomic mass is 79.9. The van der Waals surface area contributed by atoms with Crippen LogP contribution in [0.3, 0.4) is 0 Å². The standard InChI is InChI=1S/C13H13BrN2O3S/c1-2-20-11-5-3-4-9(13(14)17)10(11)8-19-12-6-7-16(18)15-12/h3-7,18H,2,8H2,1H3. The third-order valence-electron chi connectivity index (χ3n) is 2.56. The molecule has 0 spiro atoms. The quantitative estimate of drug-likeness (QED) is 0.488. The lowest BCUT2D eigenvalue weighted by Crippen LogP contribution is -2.05. The van der Waals surface area contributed by atoms with Gasteiger partial charge < -0.3 is 9.94 Å². The van der Waals surface area contributed by atoms with Crippen molar-refractivity contribution in [1.29, 1.82) is 0 Å². The molecule has 0 aliphatic heterocycles. The monoisotopic (exact) mass is 356 g/mol. The van der Waals surface area contributed by atoms with Crippen molar-refractivity contribution in [2.24, 2.45) is 0 Å². The van der Waals surface area contributed by atoms with E-state index in [2.05, 4.69) is 21.0 Å². The van der Waals surface area contributed by atoms with Crippen LogP contribution in [0.15, 0.2) is 35.4 Å². The molecule has 0 fully saturated rings. The number of thioether (sulfide) groups is 1. The van der Waals surface area contributed by atoms with Crippen LogP contribution in [0.1, 0.15) is 22.8 Å². The number of halogens is 1. The average Bonchev–Trinajstić information content (AvgIpc) is 2.83. The average molecular weight is 357 g/mol. The zero-order valence-corrected chi connectivity index (χ0v) is 13.1. The molecule has 0 bridgehead atoms. The summed E-state index contributed by atoms with van der Waals surface area (Å²) in [4.78, 5) is 13.3. The van der Waals surface area contributed by atoms with E-state index in [0.29, 0.717) is 16.3 Å². The van der Waals surface area contributed by atoms with Gasteiger partial charge in [-0.25, -0.2) is 0 Å². The number of ether oxygens (including phenoxy) is 1. The number of carbonyl (C=O) groups excluding carboxylic acids is 1. The van der Waals surface area contributed by atoms with E-state index < -0.39 is 0 Å². The van der Waals surface area contributed by atoms with E-state index in [1.165, 1.54) is 6.20 Å². The van der Waals surface area contributed by atoms with Gasteiger partial charge in [0.1, 0.15) is 6.61 Å². The van der Waals surface area contributed by atoms with E-state index in [9.17, 15) is 4.79 Å². The van der Waals surface area contributed by atoms with Crippen molar-refractivity contribution in [3.8, 4) is 5.88 Å². The Balaban J connectivity index is 2.25. The summed E-state index contributed by atoms with van der Waals surface area (Å²) in [5.41, 5.74) is 1.39. The van der Waals surface area contributed by atoms with Crippen molar-refractivity contribution in [2.75, 3.05) is 5.75 Å². The number of aromatic nitrogens is 2. The first-order valence-electron chi connectivity index (χ1n) is 5.94. The van der Waals surface area contributed by atoms with Crippen LogP contribution in [0.2, 0.25) is 0 Å². The molecule has 0 atom stereocenters. The van der Waals surface area contributed by atoms with Crippen LogP contribution >= 0.6 is 27.7 Å². The van der Waals surface area contributed by atoms with Crippen LogP contribution in [0, 0.1) is 0 Å². The van der Waals surface area contributed by atoms with Gasteiger partial charge in [-0.15, -0.1) is 16.6 Å². The Bertz CT molecular complexity index is 615. The van der Waals surface area contributed by atoms with E-state index in [-0.39, 0.29) is 11.3 Å². The molecule has 0 radical (unpaired) electrons. The highest BCUT2D eigenvalue weighted by molar-refractivity contribution is 9.18. The number of rotatable bonds is 6. The van der Waals surface area contributed by atoms with E-state index >= 15 is 0 Å². The topological polar surface area (TPSA) is 64.3 Å². The molecule has 0 amide bonds. The third-order valence-corrected chi connectivity index (χ3v) is 3.97. The van der Waals surface area contributed by atoms with Gasteiger partial charge in [-0.2, -0.15) is 0 Å². The lowest BCUT2D eigenvalue weighted by atomic mass is 10.1. The van der Waals surface area contributed by atoms with Crippen LogP contribution in [0.25, 0.3) is 0 Å². The number of carbonyl (C=O) groups is 1. The van der Waals surface area contributed by atoms with Crippen molar-refractivity contribution >= 4 is 32.4 Å². The lowest BCUT2D eigenvalue weighted by Gasteiger charge is -2.12. The van der Waals surface area contributed by atoms with E-state index in [1.54, 1.807) is 23.9 Å². The Kier molecular flexibility index (Phi) is 5.08. The molecule has 1 N–H and O–H groups in total. The maximum Gasteiger partial charge on any atom is 0.236 e. The molecule has 0 saturated heterocycles. The Morgan fingerprint density at radius 3 is 2.90 bits per heavy atom. The van der Waals surface area contributed by atoms with Crippen molar-refractivity contribution in [3.05, 3.63) is 41.6 Å². The highest BCUT2D eigenvalue weighted by Crippen LogP contribution is 2.27. The Labute approximate surface area is 129 Å². The summed E-state index contributed by atoms with van der Waals surface area (Å²) >= 11 is 4.63. The van der Waals surface area contributed by atoms with Crippen LogP contribution < -0.4 is 4.74 Å². The van der Waals surface area contributed by atoms with Gasteiger partial charge in [-0.3, -0.25) is 4.79 Å². The molecular weight excluding hydrogens is 344 g/mol. The zero-order valence-electron chi connectivity index (χ0n) is 10.7. The molecule has 5 nitrogen and oxygen atoms in total. The first-order valence-corrected chi connectivity index (χ1v) is 7.72. The summed E-state index contributed by atoms with van der Waals surface area (Å²) in [6, 6.07) is 7.10. The second-order valence-electron chi connectivity index (χ2n) is 3.85. The van der Waals surface area contributed by atoms with Crippen molar-refractivity contribution < 1.29 is 14.7 Å². The summed E-state index contributed by atoms with van der Waals surface area (Å²) in [5, 5.41) is 12.8. The normalized spacial score (nSPS) is 10.5. The van der Waals surface area contributed by atoms with Crippen LogP contribution in [0.5, 0.6) is 5.88 Å². The summed E-state index contributed by atoms with van der Waals surface area (Å²) in [5.74, 6) is 1.20. The smallest absolute Gasteiger partial charge is 0.236 e. The molecule has 0 aliphatic carbocycles. The molecule has 0 unspecified atom stereocenters. The van der Waals surface area contributed by atoms with Crippen molar-refractivity contribution in [3.63, 3.8) is 0 Å². The maximum absolute atomic E-state index is 11.6. The molecule has 20 heavy (non-hydrogen) atoms. The first kappa shape index (κ1) is 14.9. The number of nitrogens with zero attached hydrogens (tertiary/aromatic N) is 2. The van der Waals surface area contributed by atoms with Gasteiger partial charge in [0.25, 0.3) is 0 Å². The van der Waals surface area contributed by atoms with Gasteiger partial charge in [-0.1, -0.05) is 24.2 Å². The molecule has 1 aromatic carbocycles. The first-order chi connectivity index (χ1) is 9.61. The van der Waals surface area contributed by atoms with Gasteiger partial charge in [-0.05, 0) is 27.7 Å². The minimum atomic E-state index is -0.178. The zero-order chi connectivity index (χ0) is 14.5. The molecule has 0 aliphatic rings. The van der Waals surface area contributed by atoms with Crippen LogP contribution in [-0.4, -0.2) is 25.6 Å². The fourth-order valence-corrected chi connectivity index (χ4v) is 2.91. The van der Waals surface area contributed by atoms with Gasteiger partial charge in [0.15, 0.2) is 0 Å². The Hall–Kier alpha value is -1.47.